The van der Waals surface area contributed by atoms with Gasteiger partial charge in [0.25, 0.3) is 0 Å². The number of carbonyl (C=O) groups excluding carboxylic acids is 1. The van der Waals surface area contributed by atoms with Crippen LogP contribution in [0.25, 0.3) is 0 Å². The fourth-order valence-corrected chi connectivity index (χ4v) is 2.11. The van der Waals surface area contributed by atoms with Gasteiger partial charge in [-0.2, -0.15) is 0 Å². The van der Waals surface area contributed by atoms with Crippen molar-refractivity contribution >= 4 is 17.3 Å². The standard InChI is InChI=1S/C17H20N2O3/c1-12(20)19-15-6-4-5-14(9-15)18-11-13-7-8-16(21-2)10-17(13)22-3/h4-10,18H,11H2,1-3H3,(H,19,20). The van der Waals surface area contributed by atoms with E-state index in [-0.39, 0.29) is 5.91 Å². The van der Waals surface area contributed by atoms with E-state index in [1.54, 1.807) is 14.2 Å². The third-order valence-corrected chi connectivity index (χ3v) is 3.16. The minimum Gasteiger partial charge on any atom is -0.497 e. The minimum atomic E-state index is -0.0889. The number of hydrogen-bond donors (Lipinski definition) is 2. The van der Waals surface area contributed by atoms with Gasteiger partial charge in [0.15, 0.2) is 0 Å². The Labute approximate surface area is 130 Å². The molecule has 22 heavy (non-hydrogen) atoms. The van der Waals surface area contributed by atoms with Gasteiger partial charge in [-0.05, 0) is 30.3 Å². The average Bonchev–Trinajstić information content (AvgIpc) is 2.52. The number of nitrogens with one attached hydrogen (secondary N) is 2. The minimum absolute atomic E-state index is 0.0889. The van der Waals surface area contributed by atoms with Crippen LogP contribution in [-0.4, -0.2) is 20.1 Å². The van der Waals surface area contributed by atoms with Gasteiger partial charge in [0.05, 0.1) is 14.2 Å². The van der Waals surface area contributed by atoms with Crippen molar-refractivity contribution in [2.24, 2.45) is 0 Å². The first kappa shape index (κ1) is 15.7. The van der Waals surface area contributed by atoms with Crippen molar-refractivity contribution in [3.8, 4) is 11.5 Å². The Morgan fingerprint density at radius 3 is 2.50 bits per heavy atom. The van der Waals surface area contributed by atoms with Gasteiger partial charge in [-0.1, -0.05) is 6.07 Å². The van der Waals surface area contributed by atoms with Gasteiger partial charge in [-0.15, -0.1) is 0 Å². The van der Waals surface area contributed by atoms with E-state index in [0.717, 1.165) is 28.4 Å². The summed E-state index contributed by atoms with van der Waals surface area (Å²) in [5.41, 5.74) is 2.71. The smallest absolute Gasteiger partial charge is 0.221 e. The van der Waals surface area contributed by atoms with Gasteiger partial charge in [0.1, 0.15) is 11.5 Å². The number of ether oxygens (including phenoxy) is 2. The molecule has 5 heteroatoms. The summed E-state index contributed by atoms with van der Waals surface area (Å²) < 4.78 is 10.6. The zero-order chi connectivity index (χ0) is 15.9. The van der Waals surface area contributed by atoms with Crippen LogP contribution in [0.15, 0.2) is 42.5 Å². The van der Waals surface area contributed by atoms with Gasteiger partial charge in [0, 0.05) is 36.5 Å². The Kier molecular flexibility index (Phi) is 5.25. The molecule has 2 aromatic rings. The Bertz CT molecular complexity index is 656. The molecule has 0 saturated heterocycles. The second-order valence-electron chi connectivity index (χ2n) is 4.79. The van der Waals surface area contributed by atoms with Crippen molar-refractivity contribution in [2.75, 3.05) is 24.9 Å². The average molecular weight is 300 g/mol. The van der Waals surface area contributed by atoms with E-state index in [0.29, 0.717) is 6.54 Å². The quantitative estimate of drug-likeness (QED) is 0.859. The highest BCUT2D eigenvalue weighted by Crippen LogP contribution is 2.25. The molecule has 2 aromatic carbocycles. The van der Waals surface area contributed by atoms with E-state index < -0.39 is 0 Å². The third-order valence-electron chi connectivity index (χ3n) is 3.16. The van der Waals surface area contributed by atoms with E-state index in [9.17, 15) is 4.79 Å². The van der Waals surface area contributed by atoms with Crippen molar-refractivity contribution in [2.45, 2.75) is 13.5 Å². The molecule has 0 atom stereocenters. The summed E-state index contributed by atoms with van der Waals surface area (Å²) in [4.78, 5) is 11.1. The van der Waals surface area contributed by atoms with Crippen LogP contribution in [0.2, 0.25) is 0 Å². The molecule has 0 aliphatic carbocycles. The number of methoxy groups -OCH3 is 2. The predicted molar refractivity (Wildman–Crippen MR) is 87.6 cm³/mol. The Morgan fingerprint density at radius 2 is 1.82 bits per heavy atom. The molecule has 2 rings (SSSR count). The Balaban J connectivity index is 2.08. The maximum atomic E-state index is 11.1. The topological polar surface area (TPSA) is 59.6 Å². The Hall–Kier alpha value is -2.69. The second-order valence-corrected chi connectivity index (χ2v) is 4.79. The molecule has 116 valence electrons. The van der Waals surface area contributed by atoms with Crippen molar-refractivity contribution < 1.29 is 14.3 Å². The normalized spacial score (nSPS) is 9.95. The van der Waals surface area contributed by atoms with Crippen LogP contribution in [0.4, 0.5) is 11.4 Å². The molecule has 0 spiro atoms. The van der Waals surface area contributed by atoms with Crippen LogP contribution >= 0.6 is 0 Å². The number of amides is 1. The number of anilines is 2. The van der Waals surface area contributed by atoms with Gasteiger partial charge in [0.2, 0.25) is 5.91 Å². The SMILES string of the molecule is COc1ccc(CNc2cccc(NC(C)=O)c2)c(OC)c1. The molecule has 0 bridgehead atoms. The molecule has 0 fully saturated rings. The fourth-order valence-electron chi connectivity index (χ4n) is 2.11. The summed E-state index contributed by atoms with van der Waals surface area (Å²) in [6.07, 6.45) is 0. The molecule has 0 heterocycles. The number of hydrogen-bond acceptors (Lipinski definition) is 4. The second kappa shape index (κ2) is 7.36. The first-order valence-electron chi connectivity index (χ1n) is 6.95. The predicted octanol–water partition coefficient (Wildman–Crippen LogP) is 3.27. The van der Waals surface area contributed by atoms with Gasteiger partial charge >= 0.3 is 0 Å². The van der Waals surface area contributed by atoms with Crippen LogP contribution in [0.3, 0.4) is 0 Å². The van der Waals surface area contributed by atoms with Gasteiger partial charge in [-0.25, -0.2) is 0 Å². The van der Waals surface area contributed by atoms with E-state index in [2.05, 4.69) is 10.6 Å². The number of carbonyl (C=O) groups is 1. The molecule has 0 aliphatic heterocycles. The van der Waals surface area contributed by atoms with Crippen molar-refractivity contribution in [3.63, 3.8) is 0 Å². The van der Waals surface area contributed by atoms with Crippen LogP contribution in [-0.2, 0) is 11.3 Å². The number of rotatable bonds is 6. The molecule has 2 N–H and O–H groups in total. The van der Waals surface area contributed by atoms with Crippen LogP contribution < -0.4 is 20.1 Å². The molecule has 5 nitrogen and oxygen atoms in total. The van der Waals surface area contributed by atoms with Crippen molar-refractivity contribution in [3.05, 3.63) is 48.0 Å². The van der Waals surface area contributed by atoms with Crippen LogP contribution in [0.5, 0.6) is 11.5 Å². The summed E-state index contributed by atoms with van der Waals surface area (Å²) in [6.45, 7) is 2.10. The third kappa shape index (κ3) is 4.15. The first-order valence-corrected chi connectivity index (χ1v) is 6.95. The van der Waals surface area contributed by atoms with Gasteiger partial charge < -0.3 is 20.1 Å². The van der Waals surface area contributed by atoms with E-state index in [1.165, 1.54) is 6.92 Å². The molecular formula is C17H20N2O3. The summed E-state index contributed by atoms with van der Waals surface area (Å²) in [5.74, 6) is 1.44. The van der Waals surface area contributed by atoms with Crippen molar-refractivity contribution in [1.82, 2.24) is 0 Å². The summed E-state index contributed by atoms with van der Waals surface area (Å²) in [5, 5.41) is 6.08. The van der Waals surface area contributed by atoms with E-state index in [1.807, 2.05) is 42.5 Å². The Morgan fingerprint density at radius 1 is 1.05 bits per heavy atom. The molecule has 0 saturated carbocycles. The summed E-state index contributed by atoms with van der Waals surface area (Å²) in [7, 11) is 3.26. The zero-order valence-electron chi connectivity index (χ0n) is 13.0. The molecule has 0 radical (unpaired) electrons. The first-order chi connectivity index (χ1) is 10.6. The maximum Gasteiger partial charge on any atom is 0.221 e. The lowest BCUT2D eigenvalue weighted by atomic mass is 10.2. The summed E-state index contributed by atoms with van der Waals surface area (Å²) in [6, 6.07) is 13.3. The lowest BCUT2D eigenvalue weighted by molar-refractivity contribution is -0.114. The molecule has 0 aromatic heterocycles. The molecule has 0 unspecified atom stereocenters. The zero-order valence-corrected chi connectivity index (χ0v) is 13.0. The van der Waals surface area contributed by atoms with E-state index in [4.69, 9.17) is 9.47 Å². The lowest BCUT2D eigenvalue weighted by Gasteiger charge is -2.13. The number of benzene rings is 2. The monoisotopic (exact) mass is 300 g/mol. The highest BCUT2D eigenvalue weighted by atomic mass is 16.5. The van der Waals surface area contributed by atoms with Crippen LogP contribution in [0.1, 0.15) is 12.5 Å². The van der Waals surface area contributed by atoms with Crippen molar-refractivity contribution in [1.29, 1.82) is 0 Å². The molecule has 1 amide bonds. The van der Waals surface area contributed by atoms with Gasteiger partial charge in [-0.3, -0.25) is 4.79 Å². The lowest BCUT2D eigenvalue weighted by Crippen LogP contribution is -2.06. The summed E-state index contributed by atoms with van der Waals surface area (Å²) >= 11 is 0. The molecular weight excluding hydrogens is 280 g/mol. The highest BCUT2D eigenvalue weighted by molar-refractivity contribution is 5.89. The van der Waals surface area contributed by atoms with E-state index >= 15 is 0 Å². The fraction of sp³-hybridized carbons (Fsp3) is 0.235. The molecule has 0 aliphatic rings. The maximum absolute atomic E-state index is 11.1. The highest BCUT2D eigenvalue weighted by Gasteiger charge is 2.05. The van der Waals surface area contributed by atoms with Crippen LogP contribution in [0, 0.1) is 0 Å². The largest absolute Gasteiger partial charge is 0.497 e.